The van der Waals surface area contributed by atoms with Gasteiger partial charge in [0.15, 0.2) is 18.1 Å². The summed E-state index contributed by atoms with van der Waals surface area (Å²) in [7, 11) is -3.81. The summed E-state index contributed by atoms with van der Waals surface area (Å²) in [6.45, 7) is 1.84. The molecule has 3 aromatic rings. The summed E-state index contributed by atoms with van der Waals surface area (Å²) in [5.74, 6) is 1.25. The summed E-state index contributed by atoms with van der Waals surface area (Å²) in [6.07, 6.45) is 0.673. The minimum Gasteiger partial charge on any atom is -0.484 e. The Balaban J connectivity index is 1.32. The second kappa shape index (κ2) is 8.78. The molecule has 0 aliphatic carbocycles. The van der Waals surface area contributed by atoms with Crippen molar-refractivity contribution in [1.29, 1.82) is 0 Å². The lowest BCUT2D eigenvalue weighted by atomic mass is 10.3. The first kappa shape index (κ1) is 20.9. The first-order valence-corrected chi connectivity index (χ1v) is 11.5. The van der Waals surface area contributed by atoms with E-state index >= 15 is 0 Å². The van der Waals surface area contributed by atoms with Crippen LogP contribution in [0.2, 0.25) is 0 Å². The third-order valence-electron chi connectivity index (χ3n) is 4.15. The van der Waals surface area contributed by atoms with E-state index in [4.69, 9.17) is 14.2 Å². The number of carbonyl (C=O) groups excluding carboxylic acids is 1. The molecule has 2 heterocycles. The SMILES string of the molecule is CCc1nnc(NS(=O)(=O)c2ccc(NC(=O)COc3ccc4c(c3)OCO4)cc2)s1. The Morgan fingerprint density at radius 1 is 1.13 bits per heavy atom. The van der Waals surface area contributed by atoms with E-state index in [9.17, 15) is 13.2 Å². The van der Waals surface area contributed by atoms with Crippen molar-refractivity contribution in [1.82, 2.24) is 10.2 Å². The van der Waals surface area contributed by atoms with Crippen molar-refractivity contribution < 1.29 is 27.4 Å². The molecule has 0 spiro atoms. The number of carbonyl (C=O) groups is 1. The van der Waals surface area contributed by atoms with Gasteiger partial charge in [0, 0.05) is 11.8 Å². The highest BCUT2D eigenvalue weighted by atomic mass is 32.2. The smallest absolute Gasteiger partial charge is 0.263 e. The monoisotopic (exact) mass is 462 g/mol. The number of nitrogens with one attached hydrogen (secondary N) is 2. The standard InChI is InChI=1S/C19H18N4O6S2/c1-2-18-21-22-19(30-18)23-31(25,26)14-6-3-12(4-7-14)20-17(24)10-27-13-5-8-15-16(9-13)29-11-28-15/h3-9H,2,10-11H2,1H3,(H,20,24)(H,22,23). The van der Waals surface area contributed by atoms with Gasteiger partial charge in [0.05, 0.1) is 4.90 Å². The Labute approximate surface area is 182 Å². The number of anilines is 2. The van der Waals surface area contributed by atoms with Gasteiger partial charge in [-0.2, -0.15) is 0 Å². The van der Waals surface area contributed by atoms with Crippen LogP contribution < -0.4 is 24.2 Å². The highest BCUT2D eigenvalue weighted by Crippen LogP contribution is 2.35. The molecule has 1 aromatic heterocycles. The largest absolute Gasteiger partial charge is 0.484 e. The molecule has 2 aromatic carbocycles. The van der Waals surface area contributed by atoms with E-state index in [1.807, 2.05) is 6.92 Å². The van der Waals surface area contributed by atoms with Gasteiger partial charge in [0.1, 0.15) is 10.8 Å². The van der Waals surface area contributed by atoms with Gasteiger partial charge in [-0.15, -0.1) is 10.2 Å². The molecule has 0 atom stereocenters. The molecule has 4 rings (SSSR count). The first-order chi connectivity index (χ1) is 14.9. The van der Waals surface area contributed by atoms with E-state index in [0.717, 1.165) is 5.01 Å². The van der Waals surface area contributed by atoms with Crippen LogP contribution in [0.4, 0.5) is 10.8 Å². The fourth-order valence-electron chi connectivity index (χ4n) is 2.64. The Morgan fingerprint density at radius 3 is 2.65 bits per heavy atom. The fraction of sp³-hybridized carbons (Fsp3) is 0.211. The molecule has 31 heavy (non-hydrogen) atoms. The minimum atomic E-state index is -3.81. The Kier molecular flexibility index (Phi) is 5.91. The molecule has 1 aliphatic rings. The molecule has 10 nitrogen and oxygen atoms in total. The summed E-state index contributed by atoms with van der Waals surface area (Å²) < 4.78 is 43.3. The van der Waals surface area contributed by atoms with Crippen molar-refractivity contribution in [3.63, 3.8) is 0 Å². The Morgan fingerprint density at radius 2 is 1.90 bits per heavy atom. The number of aromatic nitrogens is 2. The maximum absolute atomic E-state index is 12.5. The molecule has 1 aliphatic heterocycles. The summed E-state index contributed by atoms with van der Waals surface area (Å²) in [5.41, 5.74) is 0.433. The van der Waals surface area contributed by atoms with Gasteiger partial charge in [-0.3, -0.25) is 9.52 Å². The summed E-state index contributed by atoms with van der Waals surface area (Å²) in [4.78, 5) is 12.2. The number of ether oxygens (including phenoxy) is 3. The predicted molar refractivity (Wildman–Crippen MR) is 113 cm³/mol. The molecular formula is C19H18N4O6S2. The first-order valence-electron chi connectivity index (χ1n) is 9.20. The highest BCUT2D eigenvalue weighted by molar-refractivity contribution is 7.93. The number of fused-ring (bicyclic) bond motifs is 1. The molecule has 12 heteroatoms. The maximum Gasteiger partial charge on any atom is 0.263 e. The van der Waals surface area contributed by atoms with E-state index in [2.05, 4.69) is 20.2 Å². The third-order valence-corrected chi connectivity index (χ3v) is 6.62. The van der Waals surface area contributed by atoms with E-state index in [0.29, 0.717) is 29.4 Å². The Bertz CT molecular complexity index is 1190. The fourth-order valence-corrected chi connectivity index (χ4v) is 4.55. The van der Waals surface area contributed by atoms with Gasteiger partial charge in [0.25, 0.3) is 15.9 Å². The van der Waals surface area contributed by atoms with Crippen LogP contribution in [0.25, 0.3) is 0 Å². The normalized spacial score (nSPS) is 12.4. The molecule has 162 valence electrons. The summed E-state index contributed by atoms with van der Waals surface area (Å²) in [6, 6.07) is 10.8. The number of sulfonamides is 1. The number of nitrogens with zero attached hydrogens (tertiary/aromatic N) is 2. The van der Waals surface area contributed by atoms with Crippen LogP contribution in [0.15, 0.2) is 47.4 Å². The summed E-state index contributed by atoms with van der Waals surface area (Å²) >= 11 is 1.18. The highest BCUT2D eigenvalue weighted by Gasteiger charge is 2.17. The van der Waals surface area contributed by atoms with Gasteiger partial charge in [-0.05, 0) is 42.8 Å². The van der Waals surface area contributed by atoms with E-state index < -0.39 is 15.9 Å². The zero-order chi connectivity index (χ0) is 21.8. The number of rotatable bonds is 8. The minimum absolute atomic E-state index is 0.0374. The van der Waals surface area contributed by atoms with Crippen molar-refractivity contribution in [2.45, 2.75) is 18.2 Å². The van der Waals surface area contributed by atoms with Gasteiger partial charge in [-0.1, -0.05) is 18.3 Å². The number of amides is 1. The molecule has 0 fully saturated rings. The third kappa shape index (κ3) is 5.03. The number of hydrogen-bond acceptors (Lipinski definition) is 9. The molecular weight excluding hydrogens is 444 g/mol. The number of hydrogen-bond donors (Lipinski definition) is 2. The van der Waals surface area contributed by atoms with E-state index in [1.165, 1.54) is 35.6 Å². The molecule has 0 unspecified atom stereocenters. The lowest BCUT2D eigenvalue weighted by molar-refractivity contribution is -0.118. The van der Waals surface area contributed by atoms with Crippen LogP contribution in [0.5, 0.6) is 17.2 Å². The van der Waals surface area contributed by atoms with Crippen molar-refractivity contribution in [3.8, 4) is 17.2 Å². The summed E-state index contributed by atoms with van der Waals surface area (Å²) in [5, 5.41) is 11.3. The molecule has 1 amide bonds. The van der Waals surface area contributed by atoms with Crippen LogP contribution in [-0.2, 0) is 21.2 Å². The van der Waals surface area contributed by atoms with Crippen LogP contribution in [-0.4, -0.2) is 37.9 Å². The second-order valence-electron chi connectivity index (χ2n) is 6.34. The zero-order valence-electron chi connectivity index (χ0n) is 16.3. The van der Waals surface area contributed by atoms with Gasteiger partial charge >= 0.3 is 0 Å². The quantitative estimate of drug-likeness (QED) is 0.523. The average Bonchev–Trinajstić information content (AvgIpc) is 3.41. The van der Waals surface area contributed by atoms with Crippen LogP contribution in [0.3, 0.4) is 0 Å². The van der Waals surface area contributed by atoms with E-state index in [1.54, 1.807) is 18.2 Å². The lowest BCUT2D eigenvalue weighted by Crippen LogP contribution is -2.20. The van der Waals surface area contributed by atoms with E-state index in [-0.39, 0.29) is 23.4 Å². The molecule has 0 bridgehead atoms. The molecule has 0 saturated carbocycles. The van der Waals surface area contributed by atoms with Gasteiger partial charge in [0.2, 0.25) is 11.9 Å². The lowest BCUT2D eigenvalue weighted by Gasteiger charge is -2.09. The average molecular weight is 463 g/mol. The maximum atomic E-state index is 12.5. The Hall–Kier alpha value is -3.38. The van der Waals surface area contributed by atoms with Crippen LogP contribution >= 0.6 is 11.3 Å². The molecule has 2 N–H and O–H groups in total. The molecule has 0 saturated heterocycles. The van der Waals surface area contributed by atoms with Crippen molar-refractivity contribution >= 4 is 38.1 Å². The van der Waals surface area contributed by atoms with Crippen molar-refractivity contribution in [2.75, 3.05) is 23.4 Å². The van der Waals surface area contributed by atoms with Crippen molar-refractivity contribution in [3.05, 3.63) is 47.5 Å². The zero-order valence-corrected chi connectivity index (χ0v) is 18.0. The predicted octanol–water partition coefficient (Wildman–Crippen LogP) is 2.65. The van der Waals surface area contributed by atoms with Gasteiger partial charge < -0.3 is 19.5 Å². The van der Waals surface area contributed by atoms with Crippen LogP contribution in [0.1, 0.15) is 11.9 Å². The number of aryl methyl sites for hydroxylation is 1. The van der Waals surface area contributed by atoms with Crippen LogP contribution in [0, 0.1) is 0 Å². The topological polar surface area (TPSA) is 129 Å². The second-order valence-corrected chi connectivity index (χ2v) is 9.08. The molecule has 0 radical (unpaired) electrons. The van der Waals surface area contributed by atoms with Crippen molar-refractivity contribution in [2.24, 2.45) is 0 Å². The van der Waals surface area contributed by atoms with Gasteiger partial charge in [-0.25, -0.2) is 8.42 Å². The number of benzene rings is 2.